The average Bonchev–Trinajstić information content (AvgIpc) is 1.80. The fourth-order valence-electron chi connectivity index (χ4n) is 0.445. The molecule has 4 heteroatoms. The van der Waals surface area contributed by atoms with Gasteiger partial charge in [-0.2, -0.15) is 5.26 Å². The quantitative estimate of drug-likeness (QED) is 0.459. The van der Waals surface area contributed by atoms with Crippen LogP contribution in [-0.4, -0.2) is 14.2 Å². The van der Waals surface area contributed by atoms with E-state index in [0.29, 0.717) is 19.3 Å². The van der Waals surface area contributed by atoms with Gasteiger partial charge in [0.25, 0.3) is 0 Å². The van der Waals surface area contributed by atoms with E-state index >= 15 is 0 Å². The Morgan fingerprint density at radius 3 is 2.44 bits per heavy atom. The number of nitrogens with zero attached hydrogens (tertiary/aromatic N) is 1. The van der Waals surface area contributed by atoms with E-state index in [-0.39, 0.29) is 5.75 Å². The minimum absolute atomic E-state index is 0.219. The van der Waals surface area contributed by atoms with Crippen LogP contribution in [0.1, 0.15) is 19.3 Å². The highest BCUT2D eigenvalue weighted by Gasteiger charge is 1.87. The summed E-state index contributed by atoms with van der Waals surface area (Å²) in [4.78, 5) is 0. The molecule has 0 aromatic carbocycles. The Labute approximate surface area is 56.2 Å². The van der Waals surface area contributed by atoms with Crippen molar-refractivity contribution in [1.29, 1.82) is 5.26 Å². The van der Waals surface area contributed by atoms with Crippen LogP contribution in [-0.2, 0) is 10.7 Å². The summed E-state index contributed by atoms with van der Waals surface area (Å²) in [7, 11) is -2.23. The third kappa shape index (κ3) is 7.44. The maximum atomic E-state index is 9.92. The molecule has 0 radical (unpaired) electrons. The summed E-state index contributed by atoms with van der Waals surface area (Å²) in [6.45, 7) is 0. The van der Waals surface area contributed by atoms with Crippen LogP contribution in [0.3, 0.4) is 0 Å². The number of thiol groups is 1. The molecule has 0 aromatic rings. The predicted molar refractivity (Wildman–Crippen MR) is 34.6 cm³/mol. The van der Waals surface area contributed by atoms with Gasteiger partial charge in [0.2, 0.25) is 0 Å². The third-order valence-corrected chi connectivity index (χ3v) is 1.56. The number of rotatable bonds is 4. The van der Waals surface area contributed by atoms with E-state index in [1.807, 2.05) is 6.07 Å². The van der Waals surface area contributed by atoms with Gasteiger partial charge in [0, 0.05) is 12.2 Å². The first kappa shape index (κ1) is 8.44. The van der Waals surface area contributed by atoms with E-state index in [9.17, 15) is 8.42 Å². The number of unbranched alkanes of at least 4 members (excludes halogenated alkanes) is 2. The summed E-state index contributed by atoms with van der Waals surface area (Å²) >= 11 is 0. The fraction of sp³-hybridized carbons (Fsp3) is 0.800. The number of hydrogen-bond acceptors (Lipinski definition) is 3. The Kier molecular flexibility index (Phi) is 5.23. The summed E-state index contributed by atoms with van der Waals surface area (Å²) in [6, 6.07) is 1.94. The lowest BCUT2D eigenvalue weighted by molar-refractivity contribution is 0.610. The molecular formula is C5H9NO2S. The molecule has 52 valence electrons. The van der Waals surface area contributed by atoms with Crippen LogP contribution in [0.2, 0.25) is 0 Å². The van der Waals surface area contributed by atoms with Gasteiger partial charge in [0.05, 0.1) is 6.07 Å². The molecule has 0 rings (SSSR count). The van der Waals surface area contributed by atoms with Crippen molar-refractivity contribution in [1.82, 2.24) is 0 Å². The topological polar surface area (TPSA) is 57.9 Å². The zero-order valence-corrected chi connectivity index (χ0v) is 5.93. The summed E-state index contributed by atoms with van der Waals surface area (Å²) in [5, 5.41) is 8.03. The molecule has 0 amide bonds. The zero-order chi connectivity index (χ0) is 7.11. The van der Waals surface area contributed by atoms with Gasteiger partial charge in [-0.3, -0.25) is 0 Å². The molecule has 0 N–H and O–H groups in total. The fourth-order valence-corrected chi connectivity index (χ4v) is 0.927. The zero-order valence-electron chi connectivity index (χ0n) is 5.04. The average molecular weight is 147 g/mol. The maximum absolute atomic E-state index is 9.92. The van der Waals surface area contributed by atoms with Crippen LogP contribution >= 0.6 is 0 Å². The standard InChI is InChI=1S/C5H9NO2S/c6-4-2-1-3-5-9(7)8/h9H,1-3,5H2. The second-order valence-electron chi connectivity index (χ2n) is 1.67. The predicted octanol–water partition coefficient (Wildman–Crippen LogP) is 0.292. The molecule has 0 saturated carbocycles. The first-order valence-electron chi connectivity index (χ1n) is 2.76. The van der Waals surface area contributed by atoms with Crippen molar-refractivity contribution < 1.29 is 8.42 Å². The second kappa shape index (κ2) is 5.57. The number of nitriles is 1. The largest absolute Gasteiger partial charge is 0.232 e. The monoisotopic (exact) mass is 147 g/mol. The van der Waals surface area contributed by atoms with Crippen LogP contribution in [0.15, 0.2) is 0 Å². The Bertz CT molecular complexity index is 160. The maximum Gasteiger partial charge on any atom is 0.140 e. The van der Waals surface area contributed by atoms with Crippen molar-refractivity contribution in [3.8, 4) is 6.07 Å². The summed E-state index contributed by atoms with van der Waals surface area (Å²) in [6.07, 6.45) is 1.77. The molecule has 0 aliphatic heterocycles. The molecule has 0 bridgehead atoms. The molecule has 0 saturated heterocycles. The van der Waals surface area contributed by atoms with Crippen molar-refractivity contribution in [2.24, 2.45) is 0 Å². The Balaban J connectivity index is 3.03. The molecule has 0 aromatic heterocycles. The Morgan fingerprint density at radius 1 is 1.33 bits per heavy atom. The lowest BCUT2D eigenvalue weighted by Gasteiger charge is -1.85. The van der Waals surface area contributed by atoms with Crippen molar-refractivity contribution in [3.63, 3.8) is 0 Å². The summed E-state index contributed by atoms with van der Waals surface area (Å²) in [5.74, 6) is 0.219. The van der Waals surface area contributed by atoms with Crippen LogP contribution in [0, 0.1) is 11.3 Å². The molecule has 0 aliphatic rings. The highest BCUT2D eigenvalue weighted by molar-refractivity contribution is 7.72. The highest BCUT2D eigenvalue weighted by atomic mass is 32.2. The van der Waals surface area contributed by atoms with Gasteiger partial charge in [-0.25, -0.2) is 8.42 Å². The van der Waals surface area contributed by atoms with E-state index in [1.165, 1.54) is 0 Å². The van der Waals surface area contributed by atoms with Gasteiger partial charge >= 0.3 is 0 Å². The second-order valence-corrected chi connectivity index (χ2v) is 2.78. The van der Waals surface area contributed by atoms with Crippen LogP contribution < -0.4 is 0 Å². The van der Waals surface area contributed by atoms with Crippen molar-refractivity contribution >= 4 is 10.7 Å². The van der Waals surface area contributed by atoms with E-state index in [1.54, 1.807) is 0 Å². The Hall–Kier alpha value is -0.560. The van der Waals surface area contributed by atoms with Gasteiger partial charge < -0.3 is 0 Å². The summed E-state index contributed by atoms with van der Waals surface area (Å²) < 4.78 is 19.8. The first-order chi connectivity index (χ1) is 4.27. The summed E-state index contributed by atoms with van der Waals surface area (Å²) in [5.41, 5.74) is 0. The van der Waals surface area contributed by atoms with Crippen LogP contribution in [0.5, 0.6) is 0 Å². The smallest absolute Gasteiger partial charge is 0.140 e. The lowest BCUT2D eigenvalue weighted by atomic mass is 10.3. The van der Waals surface area contributed by atoms with Gasteiger partial charge in [-0.1, -0.05) is 0 Å². The SMILES string of the molecule is N#CCCCC[SH](=O)=O. The minimum Gasteiger partial charge on any atom is -0.232 e. The molecule has 0 spiro atoms. The normalized spacial score (nSPS) is 9.33. The molecule has 0 unspecified atom stereocenters. The minimum atomic E-state index is -2.23. The van der Waals surface area contributed by atoms with E-state index in [2.05, 4.69) is 0 Å². The molecule has 9 heavy (non-hydrogen) atoms. The van der Waals surface area contributed by atoms with Gasteiger partial charge in [0.1, 0.15) is 10.7 Å². The highest BCUT2D eigenvalue weighted by Crippen LogP contribution is 1.92. The molecule has 3 nitrogen and oxygen atoms in total. The molecule has 0 atom stereocenters. The van der Waals surface area contributed by atoms with Gasteiger partial charge in [0.15, 0.2) is 0 Å². The Morgan fingerprint density at radius 2 is 2.00 bits per heavy atom. The third-order valence-electron chi connectivity index (χ3n) is 0.879. The van der Waals surface area contributed by atoms with Crippen LogP contribution in [0.4, 0.5) is 0 Å². The van der Waals surface area contributed by atoms with Crippen LogP contribution in [0.25, 0.3) is 0 Å². The van der Waals surface area contributed by atoms with E-state index in [4.69, 9.17) is 5.26 Å². The van der Waals surface area contributed by atoms with Crippen molar-refractivity contribution in [3.05, 3.63) is 0 Å². The molecular weight excluding hydrogens is 138 g/mol. The van der Waals surface area contributed by atoms with Gasteiger partial charge in [-0.15, -0.1) is 0 Å². The van der Waals surface area contributed by atoms with E-state index in [0.717, 1.165) is 0 Å². The lowest BCUT2D eigenvalue weighted by Crippen LogP contribution is -1.86. The first-order valence-corrected chi connectivity index (χ1v) is 4.12. The van der Waals surface area contributed by atoms with Crippen molar-refractivity contribution in [2.45, 2.75) is 19.3 Å². The van der Waals surface area contributed by atoms with Crippen molar-refractivity contribution in [2.75, 3.05) is 5.75 Å². The number of hydrogen-bond donors (Lipinski definition) is 1. The molecule has 0 aliphatic carbocycles. The molecule has 0 heterocycles. The molecule has 0 fully saturated rings. The van der Waals surface area contributed by atoms with E-state index < -0.39 is 10.7 Å². The van der Waals surface area contributed by atoms with Gasteiger partial charge in [-0.05, 0) is 12.8 Å².